The van der Waals surface area contributed by atoms with Gasteiger partial charge in [0.15, 0.2) is 0 Å². The van der Waals surface area contributed by atoms with Gasteiger partial charge in [-0.15, -0.1) is 0 Å². The minimum Gasteiger partial charge on any atom is -0.497 e. The van der Waals surface area contributed by atoms with Crippen molar-refractivity contribution in [1.82, 2.24) is 0 Å². The number of rotatable bonds is 9. The van der Waals surface area contributed by atoms with Crippen molar-refractivity contribution >= 4 is 54.6 Å². The van der Waals surface area contributed by atoms with E-state index in [0.717, 1.165) is 10.6 Å². The Morgan fingerprint density at radius 2 is 1.58 bits per heavy atom. The summed E-state index contributed by atoms with van der Waals surface area (Å²) in [6.45, 7) is 3.16. The highest BCUT2D eigenvalue weighted by atomic mass is 35.5. The molecule has 0 saturated heterocycles. The van der Waals surface area contributed by atoms with Gasteiger partial charge in [0.1, 0.15) is 11.8 Å². The van der Waals surface area contributed by atoms with Gasteiger partial charge in [0.2, 0.25) is 15.9 Å². The van der Waals surface area contributed by atoms with Gasteiger partial charge in [-0.1, -0.05) is 17.7 Å². The molecule has 3 aromatic rings. The third-order valence-corrected chi connectivity index (χ3v) is 8.39. The van der Waals surface area contributed by atoms with Crippen molar-refractivity contribution in [3.63, 3.8) is 0 Å². The number of nitrogens with one attached hydrogen (secondary N) is 2. The summed E-state index contributed by atoms with van der Waals surface area (Å²) in [5, 5.41) is 3.06. The van der Waals surface area contributed by atoms with E-state index in [2.05, 4.69) is 10.0 Å². The van der Waals surface area contributed by atoms with Crippen molar-refractivity contribution in [2.75, 3.05) is 27.7 Å². The Hall–Kier alpha value is -3.28. The van der Waals surface area contributed by atoms with Crippen molar-refractivity contribution < 1.29 is 26.4 Å². The molecule has 2 N–H and O–H groups in total. The summed E-state index contributed by atoms with van der Waals surface area (Å²) in [5.74, 6) is -0.0566. The minimum absolute atomic E-state index is 0.0241. The molecule has 0 heterocycles. The number of methoxy groups -OCH3 is 1. The molecule has 0 bridgehead atoms. The highest BCUT2D eigenvalue weighted by molar-refractivity contribution is 7.92. The number of hydrogen-bond acceptors (Lipinski definition) is 6. The fraction of sp³-hybridized carbons (Fsp3) is 0.208. The number of anilines is 3. The van der Waals surface area contributed by atoms with Crippen molar-refractivity contribution in [1.29, 1.82) is 0 Å². The second kappa shape index (κ2) is 10.8. The Labute approximate surface area is 216 Å². The number of nitrogens with zero attached hydrogens (tertiary/aromatic N) is 1. The maximum Gasteiger partial charge on any atom is 0.261 e. The van der Waals surface area contributed by atoms with E-state index in [1.165, 1.54) is 50.4 Å². The number of benzene rings is 3. The van der Waals surface area contributed by atoms with Gasteiger partial charge in [0, 0.05) is 10.7 Å². The van der Waals surface area contributed by atoms with E-state index in [4.69, 9.17) is 16.3 Å². The smallest absolute Gasteiger partial charge is 0.261 e. The molecular formula is C24H26ClN3O6S2. The fourth-order valence-corrected chi connectivity index (χ4v) is 5.90. The molecule has 0 unspecified atom stereocenters. The van der Waals surface area contributed by atoms with Gasteiger partial charge in [-0.05, 0) is 80.1 Å². The van der Waals surface area contributed by atoms with Crippen LogP contribution in [0.3, 0.4) is 0 Å². The second-order valence-electron chi connectivity index (χ2n) is 7.96. The molecule has 0 saturated carbocycles. The first-order valence-corrected chi connectivity index (χ1v) is 14.4. The van der Waals surface area contributed by atoms with Crippen LogP contribution in [0.25, 0.3) is 0 Å². The van der Waals surface area contributed by atoms with E-state index in [1.807, 2.05) is 0 Å². The Balaban J connectivity index is 1.77. The highest BCUT2D eigenvalue weighted by Gasteiger charge is 2.29. The summed E-state index contributed by atoms with van der Waals surface area (Å²) in [7, 11) is -6.22. The van der Waals surface area contributed by atoms with Crippen LogP contribution in [-0.4, -0.2) is 42.2 Å². The Bertz CT molecular complexity index is 1460. The summed E-state index contributed by atoms with van der Waals surface area (Å²) < 4.78 is 59.1. The predicted molar refractivity (Wildman–Crippen MR) is 142 cm³/mol. The molecule has 36 heavy (non-hydrogen) atoms. The van der Waals surface area contributed by atoms with E-state index in [-0.39, 0.29) is 4.90 Å². The molecular weight excluding hydrogens is 526 g/mol. The van der Waals surface area contributed by atoms with Crippen LogP contribution in [0.5, 0.6) is 5.75 Å². The van der Waals surface area contributed by atoms with Crippen LogP contribution < -0.4 is 19.1 Å². The maximum atomic E-state index is 12.9. The number of ether oxygens (including phenoxy) is 1. The van der Waals surface area contributed by atoms with E-state index >= 15 is 0 Å². The molecule has 0 aliphatic carbocycles. The highest BCUT2D eigenvalue weighted by Crippen LogP contribution is 2.27. The number of carbonyl (C=O) groups is 1. The molecule has 192 valence electrons. The zero-order chi connectivity index (χ0) is 26.7. The predicted octanol–water partition coefficient (Wildman–Crippen LogP) is 4.25. The summed E-state index contributed by atoms with van der Waals surface area (Å²) in [6.07, 6.45) is 1.01. The number of halogens is 1. The third kappa shape index (κ3) is 6.28. The first-order chi connectivity index (χ1) is 16.8. The van der Waals surface area contributed by atoms with Gasteiger partial charge >= 0.3 is 0 Å². The molecule has 1 atom stereocenters. The number of carbonyl (C=O) groups excluding carboxylic acids is 1. The van der Waals surface area contributed by atoms with Crippen molar-refractivity contribution in [2.24, 2.45) is 0 Å². The lowest BCUT2D eigenvalue weighted by molar-refractivity contribution is -0.116. The SMILES string of the molecule is COc1ccc(N([C@H](C)C(=O)Nc2ccc(S(=O)(=O)Nc3cccc(Cl)c3C)cc2)S(C)(=O)=O)cc1. The van der Waals surface area contributed by atoms with Crippen molar-refractivity contribution in [2.45, 2.75) is 24.8 Å². The molecule has 0 fully saturated rings. The minimum atomic E-state index is -3.91. The number of hydrogen-bond donors (Lipinski definition) is 2. The molecule has 3 aromatic carbocycles. The fourth-order valence-electron chi connectivity index (χ4n) is 3.42. The van der Waals surface area contributed by atoms with Crippen LogP contribution in [0.15, 0.2) is 71.6 Å². The van der Waals surface area contributed by atoms with E-state index in [0.29, 0.717) is 33.4 Å². The monoisotopic (exact) mass is 551 g/mol. The van der Waals surface area contributed by atoms with Crippen LogP contribution >= 0.6 is 11.6 Å². The van der Waals surface area contributed by atoms with Gasteiger partial charge in [-0.2, -0.15) is 0 Å². The summed E-state index contributed by atoms with van der Waals surface area (Å²) in [4.78, 5) is 12.9. The quantitative estimate of drug-likeness (QED) is 0.410. The van der Waals surface area contributed by atoms with E-state index in [1.54, 1.807) is 37.3 Å². The zero-order valence-corrected chi connectivity index (χ0v) is 22.4. The lowest BCUT2D eigenvalue weighted by atomic mass is 10.2. The molecule has 0 aliphatic rings. The molecule has 0 radical (unpaired) electrons. The molecule has 0 aromatic heterocycles. The summed E-state index contributed by atoms with van der Waals surface area (Å²) in [5.41, 5.74) is 1.54. The first-order valence-electron chi connectivity index (χ1n) is 10.7. The molecule has 1 amide bonds. The number of amides is 1. The van der Waals surface area contributed by atoms with Gasteiger partial charge in [-0.25, -0.2) is 16.8 Å². The van der Waals surface area contributed by atoms with Gasteiger partial charge in [0.25, 0.3) is 10.0 Å². The third-order valence-electron chi connectivity index (χ3n) is 5.36. The van der Waals surface area contributed by atoms with Crippen LogP contribution in [0, 0.1) is 6.92 Å². The average molecular weight is 552 g/mol. The van der Waals surface area contributed by atoms with Crippen LogP contribution in [0.2, 0.25) is 5.02 Å². The van der Waals surface area contributed by atoms with E-state index < -0.39 is 32.0 Å². The molecule has 9 nitrogen and oxygen atoms in total. The number of sulfonamides is 2. The molecule has 12 heteroatoms. The lowest BCUT2D eigenvalue weighted by Gasteiger charge is -2.28. The second-order valence-corrected chi connectivity index (χ2v) is 11.9. The molecule has 3 rings (SSSR count). The zero-order valence-electron chi connectivity index (χ0n) is 20.0. The normalized spacial score (nSPS) is 12.5. The maximum absolute atomic E-state index is 12.9. The Morgan fingerprint density at radius 1 is 0.972 bits per heavy atom. The lowest BCUT2D eigenvalue weighted by Crippen LogP contribution is -2.45. The van der Waals surface area contributed by atoms with Gasteiger partial charge < -0.3 is 10.1 Å². The topological polar surface area (TPSA) is 122 Å². The molecule has 0 aliphatic heterocycles. The van der Waals surface area contributed by atoms with Crippen LogP contribution in [-0.2, 0) is 24.8 Å². The van der Waals surface area contributed by atoms with E-state index in [9.17, 15) is 21.6 Å². The standard InChI is InChI=1S/C24H26ClN3O6S2/c1-16-22(25)6-5-7-23(16)27-36(32,33)21-14-8-18(9-15-21)26-24(29)17(2)28(35(4,30)31)19-10-12-20(34-3)13-11-19/h5-15,17,27H,1-4H3,(H,26,29)/t17-/m1/s1. The summed E-state index contributed by atoms with van der Waals surface area (Å²) >= 11 is 6.06. The van der Waals surface area contributed by atoms with Gasteiger partial charge in [0.05, 0.1) is 29.6 Å². The molecule has 0 spiro atoms. The average Bonchev–Trinajstić information content (AvgIpc) is 2.82. The Kier molecular flexibility index (Phi) is 8.17. The van der Waals surface area contributed by atoms with Crippen LogP contribution in [0.1, 0.15) is 12.5 Å². The van der Waals surface area contributed by atoms with Crippen molar-refractivity contribution in [3.05, 3.63) is 77.3 Å². The van der Waals surface area contributed by atoms with Gasteiger partial charge in [-0.3, -0.25) is 13.8 Å². The Morgan fingerprint density at radius 3 is 2.14 bits per heavy atom. The van der Waals surface area contributed by atoms with Crippen molar-refractivity contribution in [3.8, 4) is 5.75 Å². The van der Waals surface area contributed by atoms with Crippen LogP contribution in [0.4, 0.5) is 17.1 Å². The summed E-state index contributed by atoms with van der Waals surface area (Å²) in [6, 6.07) is 15.6. The first kappa shape index (κ1) is 27.3. The largest absolute Gasteiger partial charge is 0.497 e.